The average Bonchev–Trinajstić information content (AvgIpc) is 3.25. The van der Waals surface area contributed by atoms with Crippen LogP contribution in [0.25, 0.3) is 0 Å². The van der Waals surface area contributed by atoms with E-state index in [9.17, 15) is 14.4 Å². The minimum atomic E-state index is -0.351. The zero-order valence-electron chi connectivity index (χ0n) is 15.0. The van der Waals surface area contributed by atoms with Crippen LogP contribution in [0, 0.1) is 0 Å². The second-order valence-electron chi connectivity index (χ2n) is 5.93. The number of hydrogen-bond donors (Lipinski definition) is 3. The first-order chi connectivity index (χ1) is 13.6. The first-order valence-corrected chi connectivity index (χ1v) is 8.70. The van der Waals surface area contributed by atoms with Crippen LogP contribution in [-0.2, 0) is 4.79 Å². The zero-order chi connectivity index (χ0) is 19.8. The molecule has 0 aliphatic heterocycles. The largest absolute Gasteiger partial charge is 0.459 e. The third kappa shape index (κ3) is 5.31. The topological polar surface area (TPSA) is 100 Å². The summed E-state index contributed by atoms with van der Waals surface area (Å²) in [6.45, 7) is 0.233. The summed E-state index contributed by atoms with van der Waals surface area (Å²) in [7, 11) is 0. The van der Waals surface area contributed by atoms with Gasteiger partial charge in [0.15, 0.2) is 5.76 Å². The molecule has 0 spiro atoms. The van der Waals surface area contributed by atoms with Crippen LogP contribution in [0.15, 0.2) is 77.4 Å². The molecule has 0 radical (unpaired) electrons. The van der Waals surface area contributed by atoms with Gasteiger partial charge in [-0.1, -0.05) is 18.2 Å². The van der Waals surface area contributed by atoms with Crippen molar-refractivity contribution in [3.8, 4) is 0 Å². The van der Waals surface area contributed by atoms with E-state index < -0.39 is 0 Å². The Kier molecular flexibility index (Phi) is 6.20. The van der Waals surface area contributed by atoms with Crippen LogP contribution in [0.5, 0.6) is 0 Å². The van der Waals surface area contributed by atoms with Crippen molar-refractivity contribution in [2.45, 2.75) is 6.42 Å². The van der Waals surface area contributed by atoms with E-state index in [-0.39, 0.29) is 36.4 Å². The fraction of sp³-hybridized carbons (Fsp3) is 0.0952. The summed E-state index contributed by atoms with van der Waals surface area (Å²) in [6, 6.07) is 18.7. The van der Waals surface area contributed by atoms with Gasteiger partial charge in [0.2, 0.25) is 5.91 Å². The smallest absolute Gasteiger partial charge is 0.291 e. The minimum absolute atomic E-state index is 0.148. The molecule has 142 valence electrons. The molecule has 7 nitrogen and oxygen atoms in total. The molecule has 0 bridgehead atoms. The fourth-order valence-corrected chi connectivity index (χ4v) is 2.44. The molecule has 3 N–H and O–H groups in total. The van der Waals surface area contributed by atoms with Crippen LogP contribution in [-0.4, -0.2) is 24.3 Å². The highest BCUT2D eigenvalue weighted by molar-refractivity contribution is 6.02. The van der Waals surface area contributed by atoms with Crippen LogP contribution in [0.3, 0.4) is 0 Å². The van der Waals surface area contributed by atoms with Crippen LogP contribution in [0.2, 0.25) is 0 Å². The maximum atomic E-state index is 12.0. The molecular formula is C21H19N3O4. The predicted molar refractivity (Wildman–Crippen MR) is 105 cm³/mol. The average molecular weight is 377 g/mol. The minimum Gasteiger partial charge on any atom is -0.459 e. The highest BCUT2D eigenvalue weighted by Crippen LogP contribution is 2.15. The van der Waals surface area contributed by atoms with Crippen molar-refractivity contribution in [3.63, 3.8) is 0 Å². The molecule has 28 heavy (non-hydrogen) atoms. The highest BCUT2D eigenvalue weighted by Gasteiger charge is 2.09. The number of anilines is 2. The highest BCUT2D eigenvalue weighted by atomic mass is 16.3. The van der Waals surface area contributed by atoms with E-state index in [0.29, 0.717) is 16.9 Å². The van der Waals surface area contributed by atoms with E-state index in [1.807, 2.05) is 6.07 Å². The van der Waals surface area contributed by atoms with Gasteiger partial charge in [0.05, 0.1) is 6.26 Å². The third-order valence-electron chi connectivity index (χ3n) is 3.85. The van der Waals surface area contributed by atoms with Crippen LogP contribution in [0.4, 0.5) is 11.4 Å². The van der Waals surface area contributed by atoms with Gasteiger partial charge in [0.1, 0.15) is 0 Å². The molecule has 0 saturated carbocycles. The summed E-state index contributed by atoms with van der Waals surface area (Å²) in [5, 5.41) is 8.14. The molecule has 2 aromatic carbocycles. The van der Waals surface area contributed by atoms with Gasteiger partial charge in [-0.15, -0.1) is 0 Å². The number of furan rings is 1. The fourth-order valence-electron chi connectivity index (χ4n) is 2.44. The summed E-state index contributed by atoms with van der Waals surface area (Å²) in [4.78, 5) is 35.8. The van der Waals surface area contributed by atoms with Gasteiger partial charge < -0.3 is 20.4 Å². The maximum Gasteiger partial charge on any atom is 0.291 e. The monoisotopic (exact) mass is 377 g/mol. The summed E-state index contributed by atoms with van der Waals surface area (Å²) < 4.78 is 5.03. The summed E-state index contributed by atoms with van der Waals surface area (Å²) >= 11 is 0. The van der Waals surface area contributed by atoms with Gasteiger partial charge in [-0.3, -0.25) is 14.4 Å². The molecule has 3 aromatic rings. The molecule has 1 heterocycles. The lowest BCUT2D eigenvalue weighted by atomic mass is 10.2. The number of hydrogen-bond acceptors (Lipinski definition) is 4. The van der Waals surface area contributed by atoms with Crippen molar-refractivity contribution in [2.24, 2.45) is 0 Å². The lowest BCUT2D eigenvalue weighted by Crippen LogP contribution is -2.27. The van der Waals surface area contributed by atoms with Gasteiger partial charge in [0.25, 0.3) is 11.8 Å². The number of rotatable bonds is 7. The predicted octanol–water partition coefficient (Wildman–Crippen LogP) is 3.29. The van der Waals surface area contributed by atoms with Crippen LogP contribution < -0.4 is 16.0 Å². The summed E-state index contributed by atoms with van der Waals surface area (Å²) in [5.74, 6) is -0.573. The maximum absolute atomic E-state index is 12.0. The third-order valence-corrected chi connectivity index (χ3v) is 3.85. The normalized spacial score (nSPS) is 10.1. The Morgan fingerprint density at radius 3 is 2.07 bits per heavy atom. The van der Waals surface area contributed by atoms with Crippen LogP contribution >= 0.6 is 0 Å². The molecule has 3 rings (SSSR count). The van der Waals surface area contributed by atoms with Gasteiger partial charge in [-0.05, 0) is 48.5 Å². The summed E-state index contributed by atoms with van der Waals surface area (Å²) in [5.41, 5.74) is 1.72. The molecule has 0 aliphatic rings. The zero-order valence-corrected chi connectivity index (χ0v) is 15.0. The second-order valence-corrected chi connectivity index (χ2v) is 5.93. The van der Waals surface area contributed by atoms with Crippen molar-refractivity contribution in [3.05, 3.63) is 84.3 Å². The van der Waals surface area contributed by atoms with Crippen molar-refractivity contribution in [1.29, 1.82) is 0 Å². The molecule has 3 amide bonds. The summed E-state index contributed by atoms with van der Waals surface area (Å²) in [6.07, 6.45) is 1.57. The van der Waals surface area contributed by atoms with E-state index in [2.05, 4.69) is 16.0 Å². The number of carbonyl (C=O) groups excluding carboxylic acids is 3. The molecule has 0 unspecified atom stereocenters. The number of amides is 3. The number of nitrogens with one attached hydrogen (secondary N) is 3. The number of benzene rings is 2. The molecular weight excluding hydrogens is 358 g/mol. The molecule has 0 fully saturated rings. The Balaban J connectivity index is 1.43. The van der Waals surface area contributed by atoms with Crippen molar-refractivity contribution in [1.82, 2.24) is 5.32 Å². The molecule has 7 heteroatoms. The van der Waals surface area contributed by atoms with E-state index in [1.165, 1.54) is 6.26 Å². The first-order valence-electron chi connectivity index (χ1n) is 8.70. The van der Waals surface area contributed by atoms with Gasteiger partial charge in [-0.25, -0.2) is 0 Å². The number of carbonyl (C=O) groups is 3. The van der Waals surface area contributed by atoms with Gasteiger partial charge in [-0.2, -0.15) is 0 Å². The standard InChI is InChI=1S/C21H19N3O4/c25-19(12-13-22-20(26)15-5-2-1-3-6-15)23-16-8-10-17(11-9-16)24-21(27)18-7-4-14-28-18/h1-11,14H,12-13H2,(H,22,26)(H,23,25)(H,24,27). The Hall–Kier alpha value is -3.87. The van der Waals surface area contributed by atoms with E-state index in [0.717, 1.165) is 0 Å². The van der Waals surface area contributed by atoms with Crippen LogP contribution in [0.1, 0.15) is 27.3 Å². The Labute approximate surface area is 161 Å². The van der Waals surface area contributed by atoms with Crippen molar-refractivity contribution < 1.29 is 18.8 Å². The second kappa shape index (κ2) is 9.18. The lowest BCUT2D eigenvalue weighted by Gasteiger charge is -2.08. The van der Waals surface area contributed by atoms with Crippen molar-refractivity contribution in [2.75, 3.05) is 17.2 Å². The van der Waals surface area contributed by atoms with Gasteiger partial charge >= 0.3 is 0 Å². The van der Waals surface area contributed by atoms with Crippen molar-refractivity contribution >= 4 is 29.1 Å². The molecule has 0 aliphatic carbocycles. The lowest BCUT2D eigenvalue weighted by molar-refractivity contribution is -0.116. The molecule has 1 aromatic heterocycles. The molecule has 0 saturated heterocycles. The van der Waals surface area contributed by atoms with Gasteiger partial charge in [0, 0.05) is 29.9 Å². The van der Waals surface area contributed by atoms with E-state index >= 15 is 0 Å². The van der Waals surface area contributed by atoms with E-state index in [1.54, 1.807) is 60.7 Å². The first kappa shape index (κ1) is 18.9. The molecule has 0 atom stereocenters. The Morgan fingerprint density at radius 2 is 1.43 bits per heavy atom. The SMILES string of the molecule is O=C(CCNC(=O)c1ccccc1)Nc1ccc(NC(=O)c2ccco2)cc1. The quantitative estimate of drug-likeness (QED) is 0.588. The van der Waals surface area contributed by atoms with E-state index in [4.69, 9.17) is 4.42 Å². The Morgan fingerprint density at radius 1 is 0.750 bits per heavy atom. The Bertz CT molecular complexity index is 936.